The maximum absolute atomic E-state index is 13.4. The van der Waals surface area contributed by atoms with Crippen LogP contribution in [0.5, 0.6) is 0 Å². The summed E-state index contributed by atoms with van der Waals surface area (Å²) in [5, 5.41) is 11.7. The van der Waals surface area contributed by atoms with E-state index in [0.29, 0.717) is 22.9 Å². The third-order valence-electron chi connectivity index (χ3n) is 6.97. The molecule has 1 aliphatic heterocycles. The van der Waals surface area contributed by atoms with Gasteiger partial charge in [-0.25, -0.2) is 28.3 Å². The van der Waals surface area contributed by atoms with E-state index in [1.807, 2.05) is 30.3 Å². The molecule has 43 heavy (non-hydrogen) atoms. The van der Waals surface area contributed by atoms with E-state index in [2.05, 4.69) is 14.4 Å². The van der Waals surface area contributed by atoms with Crippen molar-refractivity contribution in [1.82, 2.24) is 14.5 Å². The van der Waals surface area contributed by atoms with E-state index < -0.39 is 49.0 Å². The number of nitrogens with zero attached hydrogens (tertiary/aromatic N) is 3. The van der Waals surface area contributed by atoms with Crippen LogP contribution in [0.3, 0.4) is 0 Å². The van der Waals surface area contributed by atoms with Crippen LogP contribution in [0.25, 0.3) is 0 Å². The fraction of sp³-hybridized carbons (Fsp3) is 0.259. The lowest BCUT2D eigenvalue weighted by Crippen LogP contribution is -2.50. The van der Waals surface area contributed by atoms with Crippen molar-refractivity contribution in [3.8, 4) is 0 Å². The van der Waals surface area contributed by atoms with Gasteiger partial charge in [0, 0.05) is 17.0 Å². The van der Waals surface area contributed by atoms with Crippen LogP contribution in [0, 0.1) is 0 Å². The topological polar surface area (TPSA) is 146 Å². The molecule has 0 radical (unpaired) electrons. The first-order valence-corrected chi connectivity index (χ1v) is 16.3. The quantitative estimate of drug-likeness (QED) is 0.262. The van der Waals surface area contributed by atoms with Crippen LogP contribution in [0.2, 0.25) is 5.02 Å². The summed E-state index contributed by atoms with van der Waals surface area (Å²) >= 11 is 6.09. The molecule has 3 aromatic rings. The monoisotopic (exact) mass is 654 g/mol. The summed E-state index contributed by atoms with van der Waals surface area (Å²) < 4.78 is 93.4. The van der Waals surface area contributed by atoms with E-state index in [0.717, 1.165) is 23.3 Å². The van der Waals surface area contributed by atoms with Gasteiger partial charge in [-0.05, 0) is 60.4 Å². The number of hydrogen-bond acceptors (Lipinski definition) is 6. The Balaban J connectivity index is 1.50. The molecular formula is C27H26ClF3N6O4S2. The minimum atomic E-state index is -4.64. The summed E-state index contributed by atoms with van der Waals surface area (Å²) in [6.45, 7) is 0.182. The molecule has 1 aliphatic carbocycles. The molecule has 1 atom stereocenters. The second-order valence-corrected chi connectivity index (χ2v) is 13.5. The maximum Gasteiger partial charge on any atom is 0.416 e. The van der Waals surface area contributed by atoms with Gasteiger partial charge in [-0.2, -0.15) is 31.4 Å². The average Bonchev–Trinajstić information content (AvgIpc) is 3.37. The van der Waals surface area contributed by atoms with E-state index in [9.17, 15) is 30.0 Å². The van der Waals surface area contributed by atoms with Crippen LogP contribution >= 0.6 is 11.6 Å². The third-order valence-corrected chi connectivity index (χ3v) is 9.22. The molecule has 1 heterocycles. The Labute approximate surface area is 251 Å². The van der Waals surface area contributed by atoms with Crippen LogP contribution in [-0.2, 0) is 26.4 Å². The Kier molecular flexibility index (Phi) is 8.55. The third kappa shape index (κ3) is 7.54. The zero-order valence-electron chi connectivity index (χ0n) is 22.2. The minimum absolute atomic E-state index is 0.163. The summed E-state index contributed by atoms with van der Waals surface area (Å²) in [5.41, 5.74) is 1.27. The van der Waals surface area contributed by atoms with Crippen molar-refractivity contribution in [3.05, 3.63) is 101 Å². The van der Waals surface area contributed by atoms with Crippen LogP contribution in [0.1, 0.15) is 35.4 Å². The van der Waals surface area contributed by atoms with Gasteiger partial charge in [-0.3, -0.25) is 0 Å². The first kappa shape index (κ1) is 30.9. The van der Waals surface area contributed by atoms with E-state index in [1.165, 1.54) is 5.01 Å². The first-order chi connectivity index (χ1) is 20.2. The summed E-state index contributed by atoms with van der Waals surface area (Å²) in [6.07, 6.45) is -4.15. The number of hydrazone groups is 1. The van der Waals surface area contributed by atoms with E-state index in [-0.39, 0.29) is 31.3 Å². The van der Waals surface area contributed by atoms with E-state index >= 15 is 0 Å². The minimum Gasteiger partial charge on any atom is -0.248 e. The molecule has 0 spiro atoms. The smallest absolute Gasteiger partial charge is 0.248 e. The Morgan fingerprint density at radius 2 is 1.58 bits per heavy atom. The van der Waals surface area contributed by atoms with Gasteiger partial charge in [0.1, 0.15) is 0 Å². The molecule has 1 fully saturated rings. The highest BCUT2D eigenvalue weighted by Gasteiger charge is 2.37. The zero-order chi connectivity index (χ0) is 31.0. The van der Waals surface area contributed by atoms with Gasteiger partial charge < -0.3 is 0 Å². The van der Waals surface area contributed by atoms with E-state index in [1.54, 1.807) is 24.3 Å². The zero-order valence-corrected chi connectivity index (χ0v) is 24.6. The highest BCUT2D eigenvalue weighted by atomic mass is 35.5. The summed E-state index contributed by atoms with van der Waals surface area (Å²) in [6, 6.07) is 18.5. The predicted molar refractivity (Wildman–Crippen MR) is 156 cm³/mol. The number of nitrogens with one attached hydrogen (secondary N) is 2. The fourth-order valence-corrected chi connectivity index (χ4v) is 6.60. The molecule has 0 aromatic heterocycles. The van der Waals surface area contributed by atoms with E-state index in [4.69, 9.17) is 21.8 Å². The molecule has 16 heteroatoms. The van der Waals surface area contributed by atoms with Gasteiger partial charge in [0.15, 0.2) is 0 Å². The van der Waals surface area contributed by atoms with Gasteiger partial charge in [0.25, 0.3) is 20.2 Å². The van der Waals surface area contributed by atoms with Crippen molar-refractivity contribution in [1.29, 1.82) is 0 Å². The molecule has 0 saturated heterocycles. The van der Waals surface area contributed by atoms with Crippen LogP contribution < -0.4 is 14.6 Å². The number of hydrogen-bond donors (Lipinski definition) is 3. The Hall–Kier alpha value is -3.50. The molecule has 0 bridgehead atoms. The number of sulfonamides is 1. The largest absolute Gasteiger partial charge is 0.416 e. The molecular weight excluding hydrogens is 629 g/mol. The molecule has 4 N–H and O–H groups in total. The van der Waals surface area contributed by atoms with Crippen molar-refractivity contribution >= 4 is 43.5 Å². The number of aliphatic imine (C=N–C) groups is 1. The fourth-order valence-electron chi connectivity index (χ4n) is 4.80. The van der Waals surface area contributed by atoms with Crippen molar-refractivity contribution in [2.24, 2.45) is 15.2 Å². The molecule has 10 nitrogen and oxygen atoms in total. The average molecular weight is 655 g/mol. The lowest BCUT2D eigenvalue weighted by atomic mass is 9.88. The standard InChI is InChI=1S/C27H26ClF3N6O4S2/c28-20-10-6-18(7-11-20)25-24(17-4-2-1-3-5-17)16-37(34-25)26(33-21-14-22(15-21)35-43(32,40)41)36-42(38,39)23-12-8-19(9-13-23)27(29,30)31/h1-13,21-22,24,35H,14-16H2,(H,33,36)(H2,32,40,41)/t21?,22?,24-/m0/s1. The predicted octanol–water partition coefficient (Wildman–Crippen LogP) is 3.82. The first-order valence-electron chi connectivity index (χ1n) is 12.9. The Morgan fingerprint density at radius 1 is 0.953 bits per heavy atom. The van der Waals surface area contributed by atoms with Crippen molar-refractivity contribution in [2.45, 2.75) is 41.9 Å². The van der Waals surface area contributed by atoms with Crippen LogP contribution in [-0.4, -0.2) is 52.1 Å². The number of alkyl halides is 3. The Bertz CT molecular complexity index is 1750. The molecule has 3 aromatic carbocycles. The highest BCUT2D eigenvalue weighted by molar-refractivity contribution is 7.90. The maximum atomic E-state index is 13.4. The number of nitrogens with two attached hydrogens (primary N) is 1. The van der Waals surface area contributed by atoms with Crippen LogP contribution in [0.15, 0.2) is 93.9 Å². The van der Waals surface area contributed by atoms with Gasteiger partial charge in [0.05, 0.1) is 28.8 Å². The Morgan fingerprint density at radius 3 is 2.16 bits per heavy atom. The number of rotatable bonds is 7. The molecule has 1 saturated carbocycles. The number of guanidine groups is 1. The summed E-state index contributed by atoms with van der Waals surface area (Å²) in [5.74, 6) is -0.467. The van der Waals surface area contributed by atoms with Gasteiger partial charge in [0.2, 0.25) is 5.96 Å². The summed E-state index contributed by atoms with van der Waals surface area (Å²) in [7, 11) is -8.35. The van der Waals surface area contributed by atoms with Gasteiger partial charge in [-0.1, -0.05) is 54.1 Å². The second kappa shape index (κ2) is 11.9. The van der Waals surface area contributed by atoms with Gasteiger partial charge in [-0.15, -0.1) is 0 Å². The molecule has 2 aliphatic rings. The lowest BCUT2D eigenvalue weighted by molar-refractivity contribution is -0.137. The van der Waals surface area contributed by atoms with Crippen molar-refractivity contribution in [2.75, 3.05) is 6.54 Å². The van der Waals surface area contributed by atoms with Crippen LogP contribution in [0.4, 0.5) is 13.2 Å². The lowest BCUT2D eigenvalue weighted by Gasteiger charge is -2.33. The molecule has 0 amide bonds. The van der Waals surface area contributed by atoms with Gasteiger partial charge >= 0.3 is 6.18 Å². The number of halogens is 4. The van der Waals surface area contributed by atoms with Crippen molar-refractivity contribution < 1.29 is 30.0 Å². The number of benzene rings is 3. The molecule has 228 valence electrons. The molecule has 5 rings (SSSR count). The highest BCUT2D eigenvalue weighted by Crippen LogP contribution is 2.32. The SMILES string of the molecule is NS(=O)(=O)NC1CC(N=C(NS(=O)(=O)c2ccc(C(F)(F)F)cc2)N2C[C@@H](c3ccccc3)C(c3ccc(Cl)cc3)=N2)C1. The second-order valence-electron chi connectivity index (χ2n) is 10.1. The van der Waals surface area contributed by atoms with Crippen molar-refractivity contribution in [3.63, 3.8) is 0 Å². The normalized spacial score (nSPS) is 21.3. The summed E-state index contributed by atoms with van der Waals surface area (Å²) in [4.78, 5) is 4.14. The molecule has 0 unspecified atom stereocenters.